The Morgan fingerprint density at radius 1 is 1.44 bits per heavy atom. The van der Waals surface area contributed by atoms with Gasteiger partial charge in [-0.1, -0.05) is 17.4 Å². The molecule has 3 N–H and O–H groups in total. The number of nitrogens with zero attached hydrogens (tertiary/aromatic N) is 1. The topological polar surface area (TPSA) is 81.1 Å². The van der Waals surface area contributed by atoms with Crippen molar-refractivity contribution < 1.29 is 13.7 Å². The van der Waals surface area contributed by atoms with Crippen LogP contribution in [0.4, 0.5) is 10.1 Å². The number of carbonyl (C=O) groups is 1. The van der Waals surface area contributed by atoms with Gasteiger partial charge in [0.1, 0.15) is 17.1 Å². The third kappa shape index (κ3) is 2.51. The molecule has 0 atom stereocenters. The zero-order chi connectivity index (χ0) is 13.1. The lowest BCUT2D eigenvalue weighted by Gasteiger charge is -2.06. The lowest BCUT2D eigenvalue weighted by atomic mass is 10.2. The minimum absolute atomic E-state index is 0.0722. The van der Waals surface area contributed by atoms with Gasteiger partial charge in [-0.15, -0.1) is 0 Å². The summed E-state index contributed by atoms with van der Waals surface area (Å²) in [5, 5.41) is 6.00. The number of nitrogens with two attached hydrogens (primary N) is 1. The lowest BCUT2D eigenvalue weighted by molar-refractivity contribution is 0.101. The van der Waals surface area contributed by atoms with Crippen LogP contribution < -0.4 is 11.1 Å². The molecule has 0 saturated heterocycles. The second-order valence-corrected chi connectivity index (χ2v) is 3.84. The highest BCUT2D eigenvalue weighted by atomic mass is 32.1. The maximum absolute atomic E-state index is 13.3. The Balaban J connectivity index is 2.22. The predicted octanol–water partition coefficient (Wildman–Crippen LogP) is 1.70. The Morgan fingerprint density at radius 3 is 2.83 bits per heavy atom. The van der Waals surface area contributed by atoms with Crippen molar-refractivity contribution in [3.8, 4) is 0 Å². The van der Waals surface area contributed by atoms with E-state index in [1.807, 2.05) is 0 Å². The van der Waals surface area contributed by atoms with Crippen LogP contribution in [0.25, 0.3) is 0 Å². The van der Waals surface area contributed by atoms with Crippen molar-refractivity contribution in [2.75, 3.05) is 5.32 Å². The van der Waals surface area contributed by atoms with Gasteiger partial charge in [-0.2, -0.15) is 0 Å². The highest BCUT2D eigenvalue weighted by Crippen LogP contribution is 2.15. The van der Waals surface area contributed by atoms with E-state index in [0.29, 0.717) is 5.69 Å². The summed E-state index contributed by atoms with van der Waals surface area (Å²) < 4.78 is 17.9. The molecule has 2 rings (SSSR count). The normalized spacial score (nSPS) is 10.1. The highest BCUT2D eigenvalue weighted by molar-refractivity contribution is 7.80. The van der Waals surface area contributed by atoms with E-state index in [2.05, 4.69) is 15.0 Å². The second kappa shape index (κ2) is 4.92. The summed E-state index contributed by atoms with van der Waals surface area (Å²) >= 11 is 4.70. The summed E-state index contributed by atoms with van der Waals surface area (Å²) in [6.45, 7) is 0. The summed E-state index contributed by atoms with van der Waals surface area (Å²) in [5.41, 5.74) is 5.92. The Morgan fingerprint density at radius 2 is 2.22 bits per heavy atom. The van der Waals surface area contributed by atoms with Crippen LogP contribution in [0.3, 0.4) is 0 Å². The summed E-state index contributed by atoms with van der Waals surface area (Å²) in [7, 11) is 0. The molecule has 1 aromatic heterocycles. The van der Waals surface area contributed by atoms with Crippen LogP contribution in [0.1, 0.15) is 16.1 Å². The quantitative estimate of drug-likeness (QED) is 0.825. The Labute approximate surface area is 107 Å². The Bertz CT molecular complexity index is 598. The fourth-order valence-electron chi connectivity index (χ4n) is 1.32. The first-order valence-electron chi connectivity index (χ1n) is 4.89. The number of amides is 1. The first-order chi connectivity index (χ1) is 8.58. The van der Waals surface area contributed by atoms with Gasteiger partial charge in [0, 0.05) is 17.3 Å². The van der Waals surface area contributed by atoms with Gasteiger partial charge in [0.15, 0.2) is 5.69 Å². The van der Waals surface area contributed by atoms with E-state index in [1.165, 1.54) is 30.5 Å². The fraction of sp³-hybridized carbons (Fsp3) is 0. The van der Waals surface area contributed by atoms with Gasteiger partial charge in [-0.25, -0.2) is 4.39 Å². The van der Waals surface area contributed by atoms with Gasteiger partial charge < -0.3 is 15.6 Å². The van der Waals surface area contributed by atoms with Crippen molar-refractivity contribution in [1.82, 2.24) is 5.16 Å². The molecular formula is C11H8FN3O2S. The molecule has 1 aromatic carbocycles. The van der Waals surface area contributed by atoms with Gasteiger partial charge in [-0.3, -0.25) is 4.79 Å². The summed E-state index contributed by atoms with van der Waals surface area (Å²) in [5.74, 6) is -1.01. The number of nitrogens with one attached hydrogen (secondary N) is 1. The van der Waals surface area contributed by atoms with Crippen molar-refractivity contribution >= 4 is 28.8 Å². The van der Waals surface area contributed by atoms with Gasteiger partial charge >= 0.3 is 0 Å². The van der Waals surface area contributed by atoms with Crippen LogP contribution >= 0.6 is 12.2 Å². The average Bonchev–Trinajstić information content (AvgIpc) is 2.85. The molecule has 2 aromatic rings. The van der Waals surface area contributed by atoms with E-state index in [1.54, 1.807) is 0 Å². The molecule has 0 aliphatic rings. The third-order valence-electron chi connectivity index (χ3n) is 2.16. The number of rotatable bonds is 3. The number of hydrogen-bond donors (Lipinski definition) is 2. The zero-order valence-corrected chi connectivity index (χ0v) is 9.83. The molecule has 0 aliphatic heterocycles. The molecule has 0 radical (unpaired) electrons. The van der Waals surface area contributed by atoms with Crippen LogP contribution in [0.15, 0.2) is 35.1 Å². The van der Waals surface area contributed by atoms with E-state index in [4.69, 9.17) is 18.0 Å². The summed E-state index contributed by atoms with van der Waals surface area (Å²) in [6, 6.07) is 5.34. The highest BCUT2D eigenvalue weighted by Gasteiger charge is 2.11. The molecule has 0 spiro atoms. The molecule has 92 valence electrons. The standard InChI is InChI=1S/C11H8FN3O2S/c12-8-2-1-6(5-7(8)10(13)18)14-11(16)9-3-4-17-15-9/h1-5H,(H2,13,18)(H,14,16). The maximum atomic E-state index is 13.3. The molecule has 18 heavy (non-hydrogen) atoms. The number of benzene rings is 1. The molecule has 7 heteroatoms. The predicted molar refractivity (Wildman–Crippen MR) is 66.7 cm³/mol. The number of aromatic nitrogens is 1. The molecule has 0 bridgehead atoms. The second-order valence-electron chi connectivity index (χ2n) is 3.40. The van der Waals surface area contributed by atoms with Gasteiger partial charge in [0.05, 0.1) is 0 Å². The van der Waals surface area contributed by atoms with E-state index >= 15 is 0 Å². The first kappa shape index (κ1) is 12.2. The maximum Gasteiger partial charge on any atom is 0.277 e. The minimum Gasteiger partial charge on any atom is -0.389 e. The van der Waals surface area contributed by atoms with Crippen LogP contribution in [0.2, 0.25) is 0 Å². The molecule has 5 nitrogen and oxygen atoms in total. The van der Waals surface area contributed by atoms with Crippen LogP contribution in [0.5, 0.6) is 0 Å². The first-order valence-corrected chi connectivity index (χ1v) is 5.30. The Hall–Kier alpha value is -2.28. The van der Waals surface area contributed by atoms with Crippen molar-refractivity contribution in [1.29, 1.82) is 0 Å². The SMILES string of the molecule is NC(=S)c1cc(NC(=O)c2ccon2)ccc1F. The van der Waals surface area contributed by atoms with E-state index in [9.17, 15) is 9.18 Å². The van der Waals surface area contributed by atoms with Crippen LogP contribution in [-0.2, 0) is 0 Å². The van der Waals surface area contributed by atoms with Crippen molar-refractivity contribution in [2.45, 2.75) is 0 Å². The lowest BCUT2D eigenvalue weighted by Crippen LogP contribution is -2.15. The molecule has 0 saturated carbocycles. The third-order valence-corrected chi connectivity index (χ3v) is 2.38. The monoisotopic (exact) mass is 265 g/mol. The number of hydrogen-bond acceptors (Lipinski definition) is 4. The largest absolute Gasteiger partial charge is 0.389 e. The van der Waals surface area contributed by atoms with Crippen LogP contribution in [-0.4, -0.2) is 16.1 Å². The molecular weight excluding hydrogens is 257 g/mol. The minimum atomic E-state index is -0.540. The Kier molecular flexibility index (Phi) is 3.33. The number of carbonyl (C=O) groups excluding carboxylic acids is 1. The summed E-state index contributed by atoms with van der Waals surface area (Å²) in [4.78, 5) is 11.6. The van der Waals surface area contributed by atoms with Gasteiger partial charge in [0.2, 0.25) is 0 Å². The number of halogens is 1. The van der Waals surface area contributed by atoms with Gasteiger partial charge in [0.25, 0.3) is 5.91 Å². The average molecular weight is 265 g/mol. The number of thiocarbonyl (C=S) groups is 1. The van der Waals surface area contributed by atoms with E-state index < -0.39 is 11.7 Å². The van der Waals surface area contributed by atoms with E-state index in [0.717, 1.165) is 0 Å². The molecule has 0 aliphatic carbocycles. The molecule has 1 amide bonds. The zero-order valence-electron chi connectivity index (χ0n) is 9.01. The smallest absolute Gasteiger partial charge is 0.277 e. The van der Waals surface area contributed by atoms with E-state index in [-0.39, 0.29) is 16.2 Å². The van der Waals surface area contributed by atoms with Crippen LogP contribution in [0, 0.1) is 5.82 Å². The fourth-order valence-corrected chi connectivity index (χ4v) is 1.47. The molecule has 0 unspecified atom stereocenters. The van der Waals surface area contributed by atoms with Crippen molar-refractivity contribution in [2.24, 2.45) is 5.73 Å². The molecule has 0 fully saturated rings. The summed E-state index contributed by atoms with van der Waals surface area (Å²) in [6.07, 6.45) is 1.28. The number of anilines is 1. The van der Waals surface area contributed by atoms with Crippen molar-refractivity contribution in [3.05, 3.63) is 47.6 Å². The van der Waals surface area contributed by atoms with Gasteiger partial charge in [-0.05, 0) is 18.2 Å². The molecule has 1 heterocycles. The van der Waals surface area contributed by atoms with Crippen molar-refractivity contribution in [3.63, 3.8) is 0 Å².